The fourth-order valence-corrected chi connectivity index (χ4v) is 10.7. The van der Waals surface area contributed by atoms with Crippen molar-refractivity contribution in [3.8, 4) is 22.3 Å². The van der Waals surface area contributed by atoms with Crippen molar-refractivity contribution in [1.82, 2.24) is 0 Å². The Kier molecular flexibility index (Phi) is 8.57. The third kappa shape index (κ3) is 5.84. The number of furan rings is 2. The van der Waals surface area contributed by atoms with Crippen LogP contribution in [-0.2, 0) is 0 Å². The van der Waals surface area contributed by atoms with Crippen molar-refractivity contribution >= 4 is 99.5 Å². The molecule has 0 bridgehead atoms. The van der Waals surface area contributed by atoms with Gasteiger partial charge in [0.05, 0.1) is 11.4 Å². The Morgan fingerprint density at radius 3 is 1.12 bits per heavy atom. The fourth-order valence-electron chi connectivity index (χ4n) is 10.7. The standard InChI is InChI=1S/C62H46N2O2/c1-37(2)45-15-5-9-21-55(45)63(57-23-13-19-49-47-17-7-11-25-59(47)65-61(49)57)43-29-27-39-33-51-53(35-41(39)31-43)52-34-40-28-30-44(32-42(40)36-54(51)52)64(56-22-10-6-16-46(56)38(3)4)58-24-14-20-50-48-18-8-12-26-60(48)66-62(50)58/h5-38H,1-4H3. The number of anilines is 6. The zero-order chi connectivity index (χ0) is 44.2. The number of rotatable bonds is 8. The lowest BCUT2D eigenvalue weighted by molar-refractivity contribution is 0.668. The molecule has 4 nitrogen and oxygen atoms in total. The Hall–Kier alpha value is -8.08. The van der Waals surface area contributed by atoms with Crippen LogP contribution in [0.15, 0.2) is 203 Å². The van der Waals surface area contributed by atoms with E-state index in [1.807, 2.05) is 12.1 Å². The minimum absolute atomic E-state index is 0.325. The van der Waals surface area contributed by atoms with Crippen LogP contribution in [0.3, 0.4) is 0 Å². The summed E-state index contributed by atoms with van der Waals surface area (Å²) in [5, 5.41) is 9.32. The average Bonchev–Trinajstić information content (AvgIpc) is 3.93. The van der Waals surface area contributed by atoms with Gasteiger partial charge in [-0.05, 0) is 152 Å². The Balaban J connectivity index is 0.931. The number of hydrogen-bond acceptors (Lipinski definition) is 4. The summed E-state index contributed by atoms with van der Waals surface area (Å²) in [5.41, 5.74) is 17.8. The van der Waals surface area contributed by atoms with Crippen LogP contribution in [0.5, 0.6) is 0 Å². The van der Waals surface area contributed by atoms with Gasteiger partial charge in [0, 0.05) is 44.3 Å². The molecule has 4 heteroatoms. The van der Waals surface area contributed by atoms with Crippen LogP contribution in [-0.4, -0.2) is 0 Å². The fraction of sp³-hybridized carbons (Fsp3) is 0.0968. The molecule has 0 radical (unpaired) electrons. The van der Waals surface area contributed by atoms with Gasteiger partial charge >= 0.3 is 0 Å². The predicted octanol–water partition coefficient (Wildman–Crippen LogP) is 18.6. The van der Waals surface area contributed by atoms with E-state index < -0.39 is 0 Å². The molecule has 0 unspecified atom stereocenters. The van der Waals surface area contributed by atoms with Crippen molar-refractivity contribution < 1.29 is 8.83 Å². The van der Waals surface area contributed by atoms with Crippen LogP contribution in [0.25, 0.3) is 87.7 Å². The van der Waals surface area contributed by atoms with Gasteiger partial charge in [-0.2, -0.15) is 0 Å². The van der Waals surface area contributed by atoms with Gasteiger partial charge in [-0.25, -0.2) is 0 Å². The number of hydrogen-bond donors (Lipinski definition) is 0. The van der Waals surface area contributed by atoms with E-state index in [1.165, 1.54) is 54.9 Å². The van der Waals surface area contributed by atoms with E-state index in [1.54, 1.807) is 0 Å². The van der Waals surface area contributed by atoms with E-state index in [-0.39, 0.29) is 0 Å². The van der Waals surface area contributed by atoms with Crippen LogP contribution in [0.2, 0.25) is 0 Å². The van der Waals surface area contributed by atoms with Gasteiger partial charge in [0.2, 0.25) is 0 Å². The third-order valence-corrected chi connectivity index (χ3v) is 13.9. The van der Waals surface area contributed by atoms with Crippen LogP contribution >= 0.6 is 0 Å². The van der Waals surface area contributed by atoms with Crippen molar-refractivity contribution in [2.24, 2.45) is 0 Å². The zero-order valence-corrected chi connectivity index (χ0v) is 37.3. The van der Waals surface area contributed by atoms with Gasteiger partial charge < -0.3 is 18.6 Å². The Labute approximate surface area is 383 Å². The molecule has 1 aliphatic rings. The lowest BCUT2D eigenvalue weighted by Gasteiger charge is -2.30. The van der Waals surface area contributed by atoms with E-state index in [0.717, 1.165) is 78.0 Å². The molecule has 0 spiro atoms. The number of fused-ring (bicyclic) bond motifs is 12. The first-order valence-electron chi connectivity index (χ1n) is 23.1. The van der Waals surface area contributed by atoms with Crippen molar-refractivity contribution in [2.75, 3.05) is 9.80 Å². The Morgan fingerprint density at radius 1 is 0.318 bits per heavy atom. The Morgan fingerprint density at radius 2 is 0.682 bits per heavy atom. The van der Waals surface area contributed by atoms with E-state index in [0.29, 0.717) is 11.8 Å². The number of benzene rings is 10. The minimum atomic E-state index is 0.325. The first-order valence-corrected chi connectivity index (χ1v) is 23.1. The lowest BCUT2D eigenvalue weighted by atomic mass is 9.78. The molecule has 0 amide bonds. The molecule has 2 heterocycles. The van der Waals surface area contributed by atoms with Gasteiger partial charge in [0.25, 0.3) is 0 Å². The maximum Gasteiger partial charge on any atom is 0.159 e. The molecule has 2 aromatic heterocycles. The summed E-state index contributed by atoms with van der Waals surface area (Å²) in [6, 6.07) is 70.6. The molecule has 316 valence electrons. The molecule has 0 saturated carbocycles. The smallest absolute Gasteiger partial charge is 0.159 e. The van der Waals surface area contributed by atoms with E-state index in [4.69, 9.17) is 8.83 Å². The second-order valence-electron chi connectivity index (χ2n) is 18.5. The molecule has 0 N–H and O–H groups in total. The van der Waals surface area contributed by atoms with E-state index in [2.05, 4.69) is 219 Å². The molecule has 10 aromatic carbocycles. The highest BCUT2D eigenvalue weighted by molar-refractivity contribution is 6.15. The monoisotopic (exact) mass is 850 g/mol. The molecule has 0 atom stereocenters. The van der Waals surface area contributed by atoms with Crippen molar-refractivity contribution in [1.29, 1.82) is 0 Å². The summed E-state index contributed by atoms with van der Waals surface area (Å²) in [6.45, 7) is 9.08. The SMILES string of the molecule is CC(C)c1ccccc1N(c1ccc2cc3c(cc2c1)-c1cc2ccc(N(c4ccccc4C(C)C)c4cccc5c4oc4ccccc45)cc2cc1-3)c1cccc2c1oc1ccccc12. The second-order valence-corrected chi connectivity index (χ2v) is 18.5. The normalized spacial score (nSPS) is 12.2. The molecule has 66 heavy (non-hydrogen) atoms. The highest BCUT2D eigenvalue weighted by atomic mass is 16.3. The van der Waals surface area contributed by atoms with E-state index >= 15 is 0 Å². The highest BCUT2D eigenvalue weighted by Gasteiger charge is 2.27. The topological polar surface area (TPSA) is 32.8 Å². The summed E-state index contributed by atoms with van der Waals surface area (Å²) in [5.74, 6) is 0.650. The summed E-state index contributed by atoms with van der Waals surface area (Å²) < 4.78 is 13.3. The van der Waals surface area contributed by atoms with Crippen molar-refractivity contribution in [2.45, 2.75) is 39.5 Å². The van der Waals surface area contributed by atoms with Gasteiger partial charge in [-0.1, -0.05) is 137 Å². The molecule has 1 aliphatic carbocycles. The van der Waals surface area contributed by atoms with E-state index in [9.17, 15) is 0 Å². The summed E-state index contributed by atoms with van der Waals surface area (Å²) in [6.07, 6.45) is 0. The molecular weight excluding hydrogens is 805 g/mol. The van der Waals surface area contributed by atoms with Crippen LogP contribution in [0.4, 0.5) is 34.1 Å². The molecule has 0 fully saturated rings. The largest absolute Gasteiger partial charge is 0.454 e. The van der Waals surface area contributed by atoms with Crippen LogP contribution in [0, 0.1) is 0 Å². The minimum Gasteiger partial charge on any atom is -0.454 e. The predicted molar refractivity (Wildman–Crippen MR) is 278 cm³/mol. The van der Waals surface area contributed by atoms with Crippen molar-refractivity contribution in [3.63, 3.8) is 0 Å². The van der Waals surface area contributed by atoms with Gasteiger partial charge in [-0.3, -0.25) is 0 Å². The first kappa shape index (κ1) is 38.4. The maximum atomic E-state index is 6.67. The summed E-state index contributed by atoms with van der Waals surface area (Å²) in [4.78, 5) is 4.80. The third-order valence-electron chi connectivity index (χ3n) is 13.9. The van der Waals surface area contributed by atoms with Crippen LogP contribution in [0.1, 0.15) is 50.7 Å². The molecule has 13 rings (SSSR count). The zero-order valence-electron chi connectivity index (χ0n) is 37.3. The number of para-hydroxylation sites is 6. The van der Waals surface area contributed by atoms with Gasteiger partial charge in [0.1, 0.15) is 11.2 Å². The second kappa shape index (κ2) is 14.7. The van der Waals surface area contributed by atoms with Crippen LogP contribution < -0.4 is 9.80 Å². The molecule has 0 saturated heterocycles. The van der Waals surface area contributed by atoms with Gasteiger partial charge in [0.15, 0.2) is 11.2 Å². The van der Waals surface area contributed by atoms with Crippen molar-refractivity contribution in [3.05, 3.63) is 205 Å². The summed E-state index contributed by atoms with van der Waals surface area (Å²) in [7, 11) is 0. The Bertz CT molecular complexity index is 3650. The number of nitrogens with zero attached hydrogens (tertiary/aromatic N) is 2. The molecular formula is C62H46N2O2. The van der Waals surface area contributed by atoms with Gasteiger partial charge in [-0.15, -0.1) is 0 Å². The highest BCUT2D eigenvalue weighted by Crippen LogP contribution is 2.53. The quantitative estimate of drug-likeness (QED) is 0.152. The first-order chi connectivity index (χ1) is 32.4. The maximum absolute atomic E-state index is 6.67. The lowest BCUT2D eigenvalue weighted by Crippen LogP contribution is -2.13. The molecule has 12 aromatic rings. The summed E-state index contributed by atoms with van der Waals surface area (Å²) >= 11 is 0. The average molecular weight is 851 g/mol. The molecule has 0 aliphatic heterocycles.